The molecular formula is C11H11N5. The number of nitrogens with one attached hydrogen (secondary N) is 2. The molecule has 0 spiro atoms. The van der Waals surface area contributed by atoms with Crippen LogP contribution in [0.1, 0.15) is 0 Å². The smallest absolute Gasteiger partial charge is 0.155 e. The molecule has 5 nitrogen and oxygen atoms in total. The van der Waals surface area contributed by atoms with E-state index in [9.17, 15) is 0 Å². The van der Waals surface area contributed by atoms with Crippen molar-refractivity contribution >= 4 is 0 Å². The van der Waals surface area contributed by atoms with Crippen molar-refractivity contribution in [3.05, 3.63) is 55.5 Å². The first-order valence-corrected chi connectivity index (χ1v) is 4.80. The van der Waals surface area contributed by atoms with Gasteiger partial charge in [0.15, 0.2) is 5.82 Å². The van der Waals surface area contributed by atoms with Gasteiger partial charge in [0.25, 0.3) is 0 Å². The zero-order chi connectivity index (χ0) is 11.1. The molecule has 2 N–H and O–H groups in total. The lowest BCUT2D eigenvalue weighted by molar-refractivity contribution is 1.22. The predicted molar refractivity (Wildman–Crippen MR) is 60.4 cm³/mol. The quantitative estimate of drug-likeness (QED) is 0.648. The number of pyridine rings is 1. The average molecular weight is 213 g/mol. The van der Waals surface area contributed by atoms with E-state index >= 15 is 0 Å². The van der Waals surface area contributed by atoms with Gasteiger partial charge in [0, 0.05) is 31.0 Å². The minimum atomic E-state index is 0.811. The molecule has 0 amide bonds. The van der Waals surface area contributed by atoms with Crippen LogP contribution in [0.4, 0.5) is 0 Å². The van der Waals surface area contributed by atoms with E-state index < -0.39 is 0 Å². The topological polar surface area (TPSA) is 70.2 Å². The van der Waals surface area contributed by atoms with Gasteiger partial charge < -0.3 is 9.97 Å². The Bertz CT molecular complexity index is 455. The highest BCUT2D eigenvalue weighted by Gasteiger charge is 1.96. The molecule has 3 aromatic rings. The molecule has 3 rings (SSSR count). The summed E-state index contributed by atoms with van der Waals surface area (Å²) in [5.41, 5.74) is 0.873. The minimum absolute atomic E-state index is 0.811. The van der Waals surface area contributed by atoms with Gasteiger partial charge in [0.1, 0.15) is 5.69 Å². The second kappa shape index (κ2) is 5.45. The maximum atomic E-state index is 4.13. The van der Waals surface area contributed by atoms with Gasteiger partial charge in [-0.15, -0.1) is 0 Å². The number of aromatic amines is 2. The van der Waals surface area contributed by atoms with Crippen LogP contribution >= 0.6 is 0 Å². The fourth-order valence-electron chi connectivity index (χ4n) is 1.12. The maximum absolute atomic E-state index is 4.13. The maximum Gasteiger partial charge on any atom is 0.155 e. The number of hydrogen-bond acceptors (Lipinski definition) is 3. The fraction of sp³-hybridized carbons (Fsp3) is 0. The van der Waals surface area contributed by atoms with Crippen molar-refractivity contribution in [3.63, 3.8) is 0 Å². The van der Waals surface area contributed by atoms with Crippen molar-refractivity contribution in [2.75, 3.05) is 0 Å². The normalized spacial score (nSPS) is 9.25. The molecule has 0 unspecified atom stereocenters. The van der Waals surface area contributed by atoms with Crippen LogP contribution in [0.3, 0.4) is 0 Å². The molecule has 80 valence electrons. The summed E-state index contributed by atoms with van der Waals surface area (Å²) in [6.45, 7) is 0. The van der Waals surface area contributed by atoms with Crippen molar-refractivity contribution in [1.82, 2.24) is 24.9 Å². The zero-order valence-corrected chi connectivity index (χ0v) is 8.54. The minimum Gasteiger partial charge on any atom is -0.351 e. The molecule has 0 fully saturated rings. The molecule has 0 aliphatic rings. The lowest BCUT2D eigenvalue weighted by Gasteiger charge is -1.91. The fourth-order valence-corrected chi connectivity index (χ4v) is 1.12. The Hall–Kier alpha value is -2.43. The molecule has 3 aromatic heterocycles. The summed E-state index contributed by atoms with van der Waals surface area (Å²) in [6, 6.07) is 5.73. The molecule has 3 heterocycles. The van der Waals surface area contributed by atoms with Gasteiger partial charge in [-0.1, -0.05) is 6.07 Å². The first-order chi connectivity index (χ1) is 7.97. The van der Waals surface area contributed by atoms with Crippen molar-refractivity contribution in [3.8, 4) is 11.5 Å². The Morgan fingerprint density at radius 1 is 0.938 bits per heavy atom. The van der Waals surface area contributed by atoms with Gasteiger partial charge in [-0.3, -0.25) is 4.98 Å². The van der Waals surface area contributed by atoms with Crippen molar-refractivity contribution in [2.24, 2.45) is 0 Å². The number of H-pyrrole nitrogens is 2. The van der Waals surface area contributed by atoms with Crippen LogP contribution in [0.15, 0.2) is 55.5 Å². The molecular weight excluding hydrogens is 202 g/mol. The molecule has 0 saturated heterocycles. The number of aromatic nitrogens is 5. The molecule has 0 aliphatic carbocycles. The van der Waals surface area contributed by atoms with Crippen molar-refractivity contribution < 1.29 is 0 Å². The largest absolute Gasteiger partial charge is 0.351 e. The van der Waals surface area contributed by atoms with Crippen LogP contribution in [0.2, 0.25) is 0 Å². The van der Waals surface area contributed by atoms with Crippen LogP contribution in [0.25, 0.3) is 11.5 Å². The average Bonchev–Trinajstić information content (AvgIpc) is 3.07. The number of rotatable bonds is 1. The molecule has 16 heavy (non-hydrogen) atoms. The van der Waals surface area contributed by atoms with Crippen LogP contribution in [0, 0.1) is 0 Å². The van der Waals surface area contributed by atoms with E-state index in [4.69, 9.17) is 0 Å². The number of imidazole rings is 2. The third-order valence-corrected chi connectivity index (χ3v) is 1.81. The summed E-state index contributed by atoms with van der Waals surface area (Å²) < 4.78 is 0. The SMILES string of the molecule is c1c[nH]cn1.c1ccc(-c2ncc[nH]2)nc1. The summed E-state index contributed by atoms with van der Waals surface area (Å²) in [6.07, 6.45) is 10.3. The van der Waals surface area contributed by atoms with Crippen molar-refractivity contribution in [2.45, 2.75) is 0 Å². The van der Waals surface area contributed by atoms with Gasteiger partial charge in [0.2, 0.25) is 0 Å². The van der Waals surface area contributed by atoms with E-state index in [0.29, 0.717) is 0 Å². The van der Waals surface area contributed by atoms with E-state index in [1.807, 2.05) is 18.2 Å². The third-order valence-electron chi connectivity index (χ3n) is 1.81. The Balaban J connectivity index is 0.000000162. The number of nitrogens with zero attached hydrogens (tertiary/aromatic N) is 3. The Morgan fingerprint density at radius 2 is 1.94 bits per heavy atom. The standard InChI is InChI=1S/C8H7N3.C3H4N2/c1-2-4-9-7(3-1)8-10-5-6-11-8;1-2-5-3-4-1/h1-6H,(H,10,11);1-3H,(H,4,5). The molecule has 0 bridgehead atoms. The molecule has 0 aromatic carbocycles. The molecule has 0 aliphatic heterocycles. The summed E-state index contributed by atoms with van der Waals surface area (Å²) in [4.78, 5) is 17.6. The second-order valence-electron chi connectivity index (χ2n) is 2.91. The van der Waals surface area contributed by atoms with Gasteiger partial charge in [-0.2, -0.15) is 0 Å². The molecule has 0 radical (unpaired) electrons. The Morgan fingerprint density at radius 3 is 2.44 bits per heavy atom. The number of hydrogen-bond donors (Lipinski definition) is 2. The summed E-state index contributed by atoms with van der Waals surface area (Å²) in [5.74, 6) is 0.811. The van der Waals surface area contributed by atoms with E-state index in [0.717, 1.165) is 11.5 Å². The first-order valence-electron chi connectivity index (χ1n) is 4.80. The lowest BCUT2D eigenvalue weighted by atomic mass is 10.3. The van der Waals surface area contributed by atoms with Crippen LogP contribution in [-0.4, -0.2) is 24.9 Å². The monoisotopic (exact) mass is 213 g/mol. The van der Waals surface area contributed by atoms with Crippen molar-refractivity contribution in [1.29, 1.82) is 0 Å². The highest BCUT2D eigenvalue weighted by molar-refractivity contribution is 5.47. The second-order valence-corrected chi connectivity index (χ2v) is 2.91. The highest BCUT2D eigenvalue weighted by atomic mass is 14.9. The van der Waals surface area contributed by atoms with Gasteiger partial charge in [0.05, 0.1) is 6.33 Å². The summed E-state index contributed by atoms with van der Waals surface area (Å²) in [7, 11) is 0. The summed E-state index contributed by atoms with van der Waals surface area (Å²) in [5, 5.41) is 0. The van der Waals surface area contributed by atoms with Crippen LogP contribution in [-0.2, 0) is 0 Å². The third kappa shape index (κ3) is 2.78. The predicted octanol–water partition coefficient (Wildman–Crippen LogP) is 1.88. The van der Waals surface area contributed by atoms with E-state index in [-0.39, 0.29) is 0 Å². The van der Waals surface area contributed by atoms with Crippen LogP contribution in [0.5, 0.6) is 0 Å². The molecule has 5 heteroatoms. The Labute approximate surface area is 92.6 Å². The highest BCUT2D eigenvalue weighted by Crippen LogP contribution is 2.08. The summed E-state index contributed by atoms with van der Waals surface area (Å²) >= 11 is 0. The Kier molecular flexibility index (Phi) is 3.44. The molecule has 0 atom stereocenters. The van der Waals surface area contributed by atoms with E-state index in [1.54, 1.807) is 37.3 Å². The van der Waals surface area contributed by atoms with Crippen LogP contribution < -0.4 is 0 Å². The van der Waals surface area contributed by atoms with Gasteiger partial charge in [-0.25, -0.2) is 9.97 Å². The van der Waals surface area contributed by atoms with Gasteiger partial charge >= 0.3 is 0 Å². The zero-order valence-electron chi connectivity index (χ0n) is 8.54. The van der Waals surface area contributed by atoms with E-state index in [1.165, 1.54) is 0 Å². The van der Waals surface area contributed by atoms with E-state index in [2.05, 4.69) is 24.9 Å². The molecule has 0 saturated carbocycles. The van der Waals surface area contributed by atoms with Gasteiger partial charge in [-0.05, 0) is 12.1 Å². The first kappa shape index (κ1) is 10.1. The lowest BCUT2D eigenvalue weighted by Crippen LogP contribution is -1.82.